The van der Waals surface area contributed by atoms with Crippen LogP contribution in [0.1, 0.15) is 18.4 Å². The molecule has 4 N–H and O–H groups in total. The van der Waals surface area contributed by atoms with E-state index in [2.05, 4.69) is 5.32 Å². The Labute approximate surface area is 134 Å². The van der Waals surface area contributed by atoms with E-state index in [1.807, 2.05) is 30.3 Å². The summed E-state index contributed by atoms with van der Waals surface area (Å²) in [6, 6.07) is 7.81. The molecule has 1 aliphatic heterocycles. The van der Waals surface area contributed by atoms with Crippen LogP contribution in [0.4, 0.5) is 0 Å². The van der Waals surface area contributed by atoms with Gasteiger partial charge in [-0.1, -0.05) is 30.3 Å². The van der Waals surface area contributed by atoms with E-state index >= 15 is 0 Å². The fourth-order valence-electron chi connectivity index (χ4n) is 2.68. The molecule has 0 radical (unpaired) electrons. The van der Waals surface area contributed by atoms with Crippen molar-refractivity contribution in [3.05, 3.63) is 35.9 Å². The lowest BCUT2D eigenvalue weighted by Gasteiger charge is -2.22. The molecule has 2 amide bonds. The number of carboxylic acids is 1. The third-order valence-electron chi connectivity index (χ3n) is 3.91. The molecular weight excluding hydrogens is 298 g/mol. The van der Waals surface area contributed by atoms with Crippen molar-refractivity contribution in [2.45, 2.75) is 31.3 Å². The van der Waals surface area contributed by atoms with Crippen molar-refractivity contribution >= 4 is 17.8 Å². The first-order chi connectivity index (χ1) is 11.0. The number of carboxylic acid groups (broad SMARTS) is 1. The van der Waals surface area contributed by atoms with E-state index in [1.54, 1.807) is 0 Å². The Hall–Kier alpha value is -2.41. The average Bonchev–Trinajstić information content (AvgIpc) is 3.03. The molecule has 0 aliphatic carbocycles. The second-order valence-corrected chi connectivity index (χ2v) is 5.60. The van der Waals surface area contributed by atoms with E-state index < -0.39 is 29.9 Å². The number of benzene rings is 1. The van der Waals surface area contributed by atoms with E-state index in [4.69, 9.17) is 10.8 Å². The molecule has 7 nitrogen and oxygen atoms in total. The zero-order chi connectivity index (χ0) is 16.8. The van der Waals surface area contributed by atoms with Gasteiger partial charge in [0.15, 0.2) is 0 Å². The van der Waals surface area contributed by atoms with E-state index in [1.165, 1.54) is 4.90 Å². The molecule has 23 heavy (non-hydrogen) atoms. The summed E-state index contributed by atoms with van der Waals surface area (Å²) in [5.74, 6) is -1.83. The molecule has 0 unspecified atom stereocenters. The normalized spacial score (nSPS) is 18.5. The maximum absolute atomic E-state index is 12.1. The minimum atomic E-state index is -1.01. The van der Waals surface area contributed by atoms with Crippen molar-refractivity contribution in [1.82, 2.24) is 10.2 Å². The predicted octanol–water partition coefficient (Wildman–Crippen LogP) is -0.252. The van der Waals surface area contributed by atoms with Gasteiger partial charge in [0, 0.05) is 6.54 Å². The number of nitrogens with zero attached hydrogens (tertiary/aromatic N) is 1. The largest absolute Gasteiger partial charge is 0.480 e. The van der Waals surface area contributed by atoms with Gasteiger partial charge in [0.05, 0.1) is 12.6 Å². The minimum Gasteiger partial charge on any atom is -0.480 e. The Morgan fingerprint density at radius 2 is 2.00 bits per heavy atom. The molecule has 1 heterocycles. The number of hydrogen-bond acceptors (Lipinski definition) is 4. The Morgan fingerprint density at radius 3 is 2.65 bits per heavy atom. The van der Waals surface area contributed by atoms with Gasteiger partial charge in [-0.15, -0.1) is 0 Å². The number of aliphatic carboxylic acids is 1. The van der Waals surface area contributed by atoms with Crippen LogP contribution in [-0.2, 0) is 20.8 Å². The molecule has 1 aromatic carbocycles. The van der Waals surface area contributed by atoms with E-state index in [0.29, 0.717) is 25.8 Å². The molecule has 0 aromatic heterocycles. The second-order valence-electron chi connectivity index (χ2n) is 5.60. The van der Waals surface area contributed by atoms with Crippen molar-refractivity contribution < 1.29 is 19.5 Å². The van der Waals surface area contributed by atoms with Gasteiger partial charge in [-0.3, -0.25) is 9.59 Å². The number of amides is 2. The van der Waals surface area contributed by atoms with Gasteiger partial charge in [0.25, 0.3) is 0 Å². The van der Waals surface area contributed by atoms with Crippen LogP contribution < -0.4 is 11.1 Å². The third-order valence-corrected chi connectivity index (χ3v) is 3.91. The lowest BCUT2D eigenvalue weighted by molar-refractivity contribution is -0.148. The SMILES string of the molecule is N[C@@H](Cc1ccccc1)C(=O)NCC(=O)N1CCC[C@H]1C(=O)O. The summed E-state index contributed by atoms with van der Waals surface area (Å²) in [5, 5.41) is 11.6. The van der Waals surface area contributed by atoms with Crippen LogP contribution in [0.2, 0.25) is 0 Å². The first-order valence-corrected chi connectivity index (χ1v) is 7.58. The summed E-state index contributed by atoms with van der Waals surface area (Å²) in [6.07, 6.45) is 1.48. The molecule has 0 bridgehead atoms. The summed E-state index contributed by atoms with van der Waals surface area (Å²) >= 11 is 0. The summed E-state index contributed by atoms with van der Waals surface area (Å²) < 4.78 is 0. The van der Waals surface area contributed by atoms with Gasteiger partial charge in [-0.2, -0.15) is 0 Å². The zero-order valence-electron chi connectivity index (χ0n) is 12.8. The van der Waals surface area contributed by atoms with E-state index in [9.17, 15) is 14.4 Å². The third kappa shape index (κ3) is 4.53. The standard InChI is InChI=1S/C16H21N3O4/c17-12(9-11-5-2-1-3-6-11)15(21)18-10-14(20)19-8-4-7-13(19)16(22)23/h1-3,5-6,12-13H,4,7-10,17H2,(H,18,21)(H,22,23)/t12-,13-/m0/s1. The molecule has 0 spiro atoms. The fourth-order valence-corrected chi connectivity index (χ4v) is 2.68. The summed E-state index contributed by atoms with van der Waals surface area (Å²) in [7, 11) is 0. The van der Waals surface area contributed by atoms with E-state index in [-0.39, 0.29) is 6.54 Å². The molecule has 1 aliphatic rings. The first kappa shape index (κ1) is 17.0. The topological polar surface area (TPSA) is 113 Å². The molecule has 0 saturated carbocycles. The number of hydrogen-bond donors (Lipinski definition) is 3. The molecule has 1 saturated heterocycles. The van der Waals surface area contributed by atoms with Gasteiger partial charge in [-0.25, -0.2) is 4.79 Å². The molecular formula is C16H21N3O4. The monoisotopic (exact) mass is 319 g/mol. The van der Waals surface area contributed by atoms with Crippen LogP contribution in [0.5, 0.6) is 0 Å². The smallest absolute Gasteiger partial charge is 0.326 e. The predicted molar refractivity (Wildman–Crippen MR) is 83.5 cm³/mol. The van der Waals surface area contributed by atoms with Crippen LogP contribution in [0.15, 0.2) is 30.3 Å². The van der Waals surface area contributed by atoms with Gasteiger partial charge >= 0.3 is 5.97 Å². The van der Waals surface area contributed by atoms with Crippen LogP contribution in [-0.4, -0.2) is 53.0 Å². The van der Waals surface area contributed by atoms with Crippen LogP contribution >= 0.6 is 0 Å². The van der Waals surface area contributed by atoms with Crippen LogP contribution in [0.25, 0.3) is 0 Å². The molecule has 1 aromatic rings. The first-order valence-electron chi connectivity index (χ1n) is 7.58. The molecule has 2 rings (SSSR count). The van der Waals surface area contributed by atoms with Crippen molar-refractivity contribution in [1.29, 1.82) is 0 Å². The van der Waals surface area contributed by atoms with Gasteiger partial charge in [0.1, 0.15) is 6.04 Å². The number of carbonyl (C=O) groups is 3. The number of carbonyl (C=O) groups excluding carboxylic acids is 2. The van der Waals surface area contributed by atoms with Crippen molar-refractivity contribution in [3.8, 4) is 0 Å². The zero-order valence-corrected chi connectivity index (χ0v) is 12.8. The summed E-state index contributed by atoms with van der Waals surface area (Å²) in [4.78, 5) is 36.4. The van der Waals surface area contributed by atoms with Crippen LogP contribution in [0, 0.1) is 0 Å². The Balaban J connectivity index is 1.81. The highest BCUT2D eigenvalue weighted by molar-refractivity contribution is 5.89. The highest BCUT2D eigenvalue weighted by atomic mass is 16.4. The second kappa shape index (κ2) is 7.73. The molecule has 2 atom stereocenters. The average molecular weight is 319 g/mol. The quantitative estimate of drug-likeness (QED) is 0.669. The Morgan fingerprint density at radius 1 is 1.30 bits per heavy atom. The highest BCUT2D eigenvalue weighted by Crippen LogP contribution is 2.17. The number of nitrogens with one attached hydrogen (secondary N) is 1. The Bertz CT molecular complexity index is 576. The fraction of sp³-hybridized carbons (Fsp3) is 0.438. The number of rotatable bonds is 6. The molecule has 1 fully saturated rings. The molecule has 124 valence electrons. The number of nitrogens with two attached hydrogens (primary N) is 1. The molecule has 7 heteroatoms. The lowest BCUT2D eigenvalue weighted by Crippen LogP contribution is -2.49. The maximum atomic E-state index is 12.1. The Kier molecular flexibility index (Phi) is 5.70. The summed E-state index contributed by atoms with van der Waals surface area (Å²) in [5.41, 5.74) is 6.77. The summed E-state index contributed by atoms with van der Waals surface area (Å²) in [6.45, 7) is 0.173. The van der Waals surface area contributed by atoms with E-state index in [0.717, 1.165) is 5.56 Å². The van der Waals surface area contributed by atoms with Crippen LogP contribution in [0.3, 0.4) is 0 Å². The maximum Gasteiger partial charge on any atom is 0.326 e. The van der Waals surface area contributed by atoms with Crippen molar-refractivity contribution in [2.24, 2.45) is 5.73 Å². The van der Waals surface area contributed by atoms with Gasteiger partial charge in [-0.05, 0) is 24.8 Å². The highest BCUT2D eigenvalue weighted by Gasteiger charge is 2.33. The number of likely N-dealkylation sites (tertiary alicyclic amines) is 1. The minimum absolute atomic E-state index is 0.231. The van der Waals surface area contributed by atoms with Gasteiger partial charge in [0.2, 0.25) is 11.8 Å². The lowest BCUT2D eigenvalue weighted by atomic mass is 10.1. The van der Waals surface area contributed by atoms with Crippen molar-refractivity contribution in [3.63, 3.8) is 0 Å². The van der Waals surface area contributed by atoms with Gasteiger partial charge < -0.3 is 21.1 Å². The van der Waals surface area contributed by atoms with Crippen molar-refractivity contribution in [2.75, 3.05) is 13.1 Å².